The summed E-state index contributed by atoms with van der Waals surface area (Å²) >= 11 is 0. The van der Waals surface area contributed by atoms with Crippen LogP contribution in [0.1, 0.15) is 87.0 Å². The number of esters is 2. The van der Waals surface area contributed by atoms with Gasteiger partial charge in [0.05, 0.1) is 26.0 Å². The van der Waals surface area contributed by atoms with Crippen molar-refractivity contribution in [3.63, 3.8) is 0 Å². The van der Waals surface area contributed by atoms with Crippen molar-refractivity contribution in [2.45, 2.75) is 92.5 Å². The molecule has 10 heteroatoms. The van der Waals surface area contributed by atoms with Gasteiger partial charge in [0.1, 0.15) is 0 Å². The van der Waals surface area contributed by atoms with E-state index in [1.54, 1.807) is 0 Å². The van der Waals surface area contributed by atoms with E-state index in [1.165, 1.54) is 14.2 Å². The largest absolute Gasteiger partial charge is 0.469 e. The van der Waals surface area contributed by atoms with E-state index in [0.29, 0.717) is 37.0 Å². The molecule has 3 N–H and O–H groups in total. The summed E-state index contributed by atoms with van der Waals surface area (Å²) in [6, 6.07) is -0.107. The minimum absolute atomic E-state index is 0.0376. The third-order valence-electron chi connectivity index (χ3n) is 9.16. The van der Waals surface area contributed by atoms with Gasteiger partial charge in [0.25, 0.3) is 5.91 Å². The number of allylic oxidation sites excluding steroid dienone is 1. The number of aliphatic imine (C=N–C) groups is 1. The van der Waals surface area contributed by atoms with Crippen molar-refractivity contribution in [3.8, 4) is 0 Å². The Bertz CT molecular complexity index is 1760. The first kappa shape index (κ1) is 33.4. The lowest BCUT2D eigenvalue weighted by atomic mass is 9.96. The molecule has 4 rings (SSSR count). The molecule has 10 nitrogen and oxygen atoms in total. The lowest BCUT2D eigenvalue weighted by molar-refractivity contribution is -0.141. The molecule has 0 radical (unpaired) electrons. The summed E-state index contributed by atoms with van der Waals surface area (Å²) in [5, 5.41) is 4.71. The van der Waals surface area contributed by atoms with Crippen LogP contribution in [-0.2, 0) is 47.9 Å². The second-order valence-electron chi connectivity index (χ2n) is 11.6. The zero-order valence-corrected chi connectivity index (χ0v) is 27.6. The summed E-state index contributed by atoms with van der Waals surface area (Å²) in [6.07, 6.45) is 7.20. The number of carbonyl (C=O) groups excluding carboxylic acids is 4. The topological polar surface area (TPSA) is 143 Å². The molecule has 0 spiro atoms. The monoisotopic (exact) mass is 616 g/mol. The highest BCUT2D eigenvalue weighted by molar-refractivity contribution is 6.30. The molecule has 2 aliphatic rings. The summed E-state index contributed by atoms with van der Waals surface area (Å²) in [5.74, 6) is -0.854. The van der Waals surface area contributed by atoms with Crippen molar-refractivity contribution < 1.29 is 28.7 Å². The number of rotatable bonds is 12. The van der Waals surface area contributed by atoms with Crippen LogP contribution < -0.4 is 16.0 Å². The van der Waals surface area contributed by atoms with Gasteiger partial charge in [0.15, 0.2) is 0 Å². The molecule has 2 aromatic rings. The van der Waals surface area contributed by atoms with Crippen molar-refractivity contribution in [2.24, 2.45) is 4.99 Å². The van der Waals surface area contributed by atoms with Crippen LogP contribution in [0.3, 0.4) is 0 Å². The SMILES string of the molecule is CCC1=C(C)C(C=c2[nH]c(=Cc3[nH]c(CC4NC(=O)C(C)=C4CC)c(C)c3CCC(=O)OC)c(CCC(=O)OC)c2C)=NC1=O. The number of aromatic amines is 2. The van der Waals surface area contributed by atoms with Crippen molar-refractivity contribution in [2.75, 3.05) is 14.2 Å². The lowest BCUT2D eigenvalue weighted by Gasteiger charge is -2.14. The fourth-order valence-electron chi connectivity index (χ4n) is 6.36. The number of nitrogens with one attached hydrogen (secondary N) is 3. The van der Waals surface area contributed by atoms with Crippen LogP contribution in [0.15, 0.2) is 27.3 Å². The molecule has 240 valence electrons. The number of methoxy groups -OCH3 is 2. The maximum atomic E-state index is 12.4. The van der Waals surface area contributed by atoms with E-state index < -0.39 is 0 Å². The molecule has 0 saturated heterocycles. The molecular formula is C35H44N4O6. The number of hydrogen-bond donors (Lipinski definition) is 3. The van der Waals surface area contributed by atoms with Gasteiger partial charge in [-0.05, 0) is 98.9 Å². The predicted molar refractivity (Wildman–Crippen MR) is 173 cm³/mol. The molecule has 0 aromatic carbocycles. The normalized spacial score (nSPS) is 17.5. The Morgan fingerprint density at radius 3 is 2.04 bits per heavy atom. The van der Waals surface area contributed by atoms with Gasteiger partial charge in [-0.3, -0.25) is 19.2 Å². The van der Waals surface area contributed by atoms with Gasteiger partial charge in [-0.2, -0.15) is 0 Å². The van der Waals surface area contributed by atoms with Gasteiger partial charge in [0, 0.05) is 52.5 Å². The van der Waals surface area contributed by atoms with Gasteiger partial charge in [-0.1, -0.05) is 13.8 Å². The molecule has 0 aliphatic carbocycles. The maximum Gasteiger partial charge on any atom is 0.305 e. The number of H-pyrrole nitrogens is 2. The van der Waals surface area contributed by atoms with Crippen LogP contribution in [-0.4, -0.2) is 59.7 Å². The first-order valence-electron chi connectivity index (χ1n) is 15.5. The molecule has 2 aromatic heterocycles. The van der Waals surface area contributed by atoms with Crippen molar-refractivity contribution >= 4 is 41.6 Å². The predicted octanol–water partition coefficient (Wildman–Crippen LogP) is 3.26. The van der Waals surface area contributed by atoms with E-state index in [0.717, 1.165) is 67.5 Å². The highest BCUT2D eigenvalue weighted by atomic mass is 16.5. The molecule has 1 unspecified atom stereocenters. The molecule has 2 aliphatic heterocycles. The van der Waals surface area contributed by atoms with Crippen LogP contribution in [0.2, 0.25) is 0 Å². The number of carbonyl (C=O) groups is 4. The highest BCUT2D eigenvalue weighted by Gasteiger charge is 2.29. The third kappa shape index (κ3) is 6.95. The van der Waals surface area contributed by atoms with E-state index in [9.17, 15) is 19.2 Å². The first-order chi connectivity index (χ1) is 21.4. The minimum Gasteiger partial charge on any atom is -0.469 e. The zero-order chi connectivity index (χ0) is 33.0. The Hall–Kier alpha value is -4.47. The maximum absolute atomic E-state index is 12.4. The molecule has 0 fully saturated rings. The molecule has 45 heavy (non-hydrogen) atoms. The first-order valence-corrected chi connectivity index (χ1v) is 15.5. The van der Waals surface area contributed by atoms with E-state index in [2.05, 4.69) is 27.2 Å². The number of aromatic nitrogens is 2. The average molecular weight is 617 g/mol. The Morgan fingerprint density at radius 2 is 1.47 bits per heavy atom. The summed E-state index contributed by atoms with van der Waals surface area (Å²) in [7, 11) is 2.75. The van der Waals surface area contributed by atoms with Crippen LogP contribution in [0, 0.1) is 13.8 Å². The zero-order valence-electron chi connectivity index (χ0n) is 27.6. The Labute approximate surface area is 263 Å². The molecule has 2 amide bonds. The minimum atomic E-state index is -0.310. The molecule has 0 bridgehead atoms. The lowest BCUT2D eigenvalue weighted by Crippen LogP contribution is -2.31. The van der Waals surface area contributed by atoms with Gasteiger partial charge >= 0.3 is 11.9 Å². The quantitative estimate of drug-likeness (QED) is 0.313. The van der Waals surface area contributed by atoms with Gasteiger partial charge in [-0.25, -0.2) is 4.99 Å². The summed E-state index contributed by atoms with van der Waals surface area (Å²) in [5.41, 5.74) is 9.77. The third-order valence-corrected chi connectivity index (χ3v) is 9.16. The van der Waals surface area contributed by atoms with Crippen LogP contribution in [0.25, 0.3) is 12.2 Å². The van der Waals surface area contributed by atoms with Crippen molar-refractivity contribution in [1.82, 2.24) is 15.3 Å². The van der Waals surface area contributed by atoms with E-state index in [4.69, 9.17) is 9.47 Å². The second-order valence-corrected chi connectivity index (χ2v) is 11.6. The van der Waals surface area contributed by atoms with E-state index >= 15 is 0 Å². The fourth-order valence-corrected chi connectivity index (χ4v) is 6.36. The molecular weight excluding hydrogens is 572 g/mol. The van der Waals surface area contributed by atoms with E-state index in [1.807, 2.05) is 46.8 Å². The average Bonchev–Trinajstić information content (AvgIpc) is 3.66. The summed E-state index contributed by atoms with van der Waals surface area (Å²) in [4.78, 5) is 60.6. The number of ether oxygens (including phenoxy) is 2. The van der Waals surface area contributed by atoms with Crippen LogP contribution >= 0.6 is 0 Å². The molecule has 0 saturated carbocycles. The molecule has 4 heterocycles. The number of amides is 2. The second kappa shape index (κ2) is 14.1. The number of nitrogens with zero attached hydrogens (tertiary/aromatic N) is 1. The van der Waals surface area contributed by atoms with Gasteiger partial charge in [0.2, 0.25) is 5.91 Å². The Balaban J connectivity index is 1.86. The Kier molecular flexibility index (Phi) is 10.5. The molecule has 1 atom stereocenters. The smallest absolute Gasteiger partial charge is 0.305 e. The van der Waals surface area contributed by atoms with Gasteiger partial charge in [-0.15, -0.1) is 0 Å². The standard InChI is InChI=1S/C35H44N4O6/c1-9-22-21(6)34(42)39-29(22)16-27-20(5)25(12-14-33(41)45-8)31(37-27)17-30-24(11-13-32(40)44-7)19(4)26(36-30)15-28-18(3)23(10-2)35(43)38-28/h15,17,29,36-37H,9-14,16H2,1-8H3,(H,39,42). The van der Waals surface area contributed by atoms with Gasteiger partial charge < -0.3 is 24.8 Å². The van der Waals surface area contributed by atoms with Crippen LogP contribution in [0.5, 0.6) is 0 Å². The fraction of sp³-hybridized carbons (Fsp3) is 0.457. The van der Waals surface area contributed by atoms with Crippen molar-refractivity contribution in [1.29, 1.82) is 0 Å². The Morgan fingerprint density at radius 1 is 0.822 bits per heavy atom. The van der Waals surface area contributed by atoms with Crippen molar-refractivity contribution in [3.05, 3.63) is 66.6 Å². The number of hydrogen-bond acceptors (Lipinski definition) is 6. The van der Waals surface area contributed by atoms with E-state index in [-0.39, 0.29) is 42.6 Å². The highest BCUT2D eigenvalue weighted by Crippen LogP contribution is 2.27. The van der Waals surface area contributed by atoms with Crippen LogP contribution in [0.4, 0.5) is 0 Å². The summed E-state index contributed by atoms with van der Waals surface area (Å²) in [6.45, 7) is 11.8. The summed E-state index contributed by atoms with van der Waals surface area (Å²) < 4.78 is 9.85.